The van der Waals surface area contributed by atoms with Gasteiger partial charge in [0.25, 0.3) is 0 Å². The van der Waals surface area contributed by atoms with Crippen LogP contribution >= 0.6 is 0 Å². The smallest absolute Gasteiger partial charge is 0.164 e. The van der Waals surface area contributed by atoms with Crippen LogP contribution in [0.4, 0.5) is 5.69 Å². The number of morpholine rings is 1. The maximum atomic E-state index is 5.58. The van der Waals surface area contributed by atoms with Crippen molar-refractivity contribution in [1.29, 1.82) is 0 Å². The molecule has 31 heavy (non-hydrogen) atoms. The highest BCUT2D eigenvalue weighted by molar-refractivity contribution is 5.87. The summed E-state index contributed by atoms with van der Waals surface area (Å²) in [5.74, 6) is 1.58. The average molecular weight is 415 g/mol. The van der Waals surface area contributed by atoms with E-state index in [2.05, 4.69) is 52.8 Å². The van der Waals surface area contributed by atoms with E-state index in [1.165, 1.54) is 18.4 Å². The van der Waals surface area contributed by atoms with Gasteiger partial charge < -0.3 is 14.2 Å². The number of imidazole rings is 1. The van der Waals surface area contributed by atoms with Crippen molar-refractivity contribution in [3.8, 4) is 17.1 Å². The second-order valence-electron chi connectivity index (χ2n) is 8.63. The Bertz CT molecular complexity index is 1230. The van der Waals surface area contributed by atoms with Gasteiger partial charge in [-0.25, -0.2) is 14.6 Å². The number of rotatable bonds is 5. The molecule has 4 aromatic rings. The third-order valence-corrected chi connectivity index (χ3v) is 6.18. The Labute approximate surface area is 181 Å². The molecule has 0 radical (unpaired) electrons. The second kappa shape index (κ2) is 7.50. The van der Waals surface area contributed by atoms with Crippen LogP contribution in [0.2, 0.25) is 0 Å². The summed E-state index contributed by atoms with van der Waals surface area (Å²) in [6.45, 7) is 6.29. The van der Waals surface area contributed by atoms with Crippen LogP contribution in [0.1, 0.15) is 18.4 Å². The highest BCUT2D eigenvalue weighted by Gasteiger charge is 2.25. The summed E-state index contributed by atoms with van der Waals surface area (Å²) >= 11 is 0. The molecule has 2 aliphatic rings. The number of pyridine rings is 1. The zero-order valence-electron chi connectivity index (χ0n) is 17.7. The molecule has 1 saturated carbocycles. The number of anilines is 1. The molecule has 1 saturated heterocycles. The highest BCUT2D eigenvalue weighted by atomic mass is 16.5. The third kappa shape index (κ3) is 3.59. The zero-order chi connectivity index (χ0) is 20.8. The van der Waals surface area contributed by atoms with Gasteiger partial charge >= 0.3 is 0 Å². The molecule has 0 N–H and O–H groups in total. The molecule has 1 aliphatic carbocycles. The van der Waals surface area contributed by atoms with E-state index in [-0.39, 0.29) is 0 Å². The largest absolute Gasteiger partial charge is 0.378 e. The fourth-order valence-corrected chi connectivity index (χ4v) is 4.29. The highest BCUT2D eigenvalue weighted by Crippen LogP contribution is 2.33. The molecular formula is C24H26N6O. The van der Waals surface area contributed by atoms with Gasteiger partial charge in [-0.15, -0.1) is 0 Å². The van der Waals surface area contributed by atoms with E-state index in [0.29, 0.717) is 0 Å². The summed E-state index contributed by atoms with van der Waals surface area (Å²) in [5, 5.41) is 4.85. The first-order valence-electron chi connectivity index (χ1n) is 11.1. The van der Waals surface area contributed by atoms with Crippen molar-refractivity contribution in [2.24, 2.45) is 5.92 Å². The number of benzene rings is 1. The lowest BCUT2D eigenvalue weighted by Crippen LogP contribution is -2.36. The molecule has 3 aromatic heterocycles. The van der Waals surface area contributed by atoms with Crippen molar-refractivity contribution in [3.63, 3.8) is 0 Å². The molecule has 0 atom stereocenters. The molecule has 0 spiro atoms. The average Bonchev–Trinajstić information content (AvgIpc) is 3.31. The summed E-state index contributed by atoms with van der Waals surface area (Å²) in [6, 6.07) is 12.6. The maximum Gasteiger partial charge on any atom is 0.164 e. The van der Waals surface area contributed by atoms with Crippen molar-refractivity contribution >= 4 is 16.9 Å². The summed E-state index contributed by atoms with van der Waals surface area (Å²) in [5.41, 5.74) is 6.32. The Morgan fingerprint density at radius 2 is 1.97 bits per heavy atom. The Balaban J connectivity index is 1.45. The SMILES string of the molecule is Cc1cccc(-c2ccn(-c3cc(N4CCOCC4)c4ncn(CC5CC5)c4n3)n2)c1. The molecular weight excluding hydrogens is 388 g/mol. The van der Waals surface area contributed by atoms with Gasteiger partial charge in [-0.2, -0.15) is 5.10 Å². The first-order chi connectivity index (χ1) is 15.2. The minimum atomic E-state index is 0.737. The van der Waals surface area contributed by atoms with Gasteiger partial charge in [-0.1, -0.05) is 23.8 Å². The van der Waals surface area contributed by atoms with E-state index < -0.39 is 0 Å². The molecule has 1 aliphatic heterocycles. The van der Waals surface area contributed by atoms with Crippen LogP contribution in [-0.2, 0) is 11.3 Å². The van der Waals surface area contributed by atoms with Gasteiger partial charge in [-0.3, -0.25) is 0 Å². The van der Waals surface area contributed by atoms with Gasteiger partial charge in [0.1, 0.15) is 5.52 Å². The second-order valence-corrected chi connectivity index (χ2v) is 8.63. The molecule has 7 nitrogen and oxygen atoms in total. The van der Waals surface area contributed by atoms with E-state index in [1.54, 1.807) is 0 Å². The van der Waals surface area contributed by atoms with E-state index in [9.17, 15) is 0 Å². The Hall–Kier alpha value is -3.19. The first-order valence-corrected chi connectivity index (χ1v) is 11.1. The lowest BCUT2D eigenvalue weighted by atomic mass is 10.1. The van der Waals surface area contributed by atoms with Gasteiger partial charge in [-0.05, 0) is 37.8 Å². The predicted molar refractivity (Wildman–Crippen MR) is 121 cm³/mol. The fourth-order valence-electron chi connectivity index (χ4n) is 4.29. The minimum Gasteiger partial charge on any atom is -0.378 e. The Kier molecular flexibility index (Phi) is 4.49. The molecule has 0 amide bonds. The number of hydrogen-bond acceptors (Lipinski definition) is 5. The van der Waals surface area contributed by atoms with Crippen LogP contribution in [0.15, 0.2) is 48.9 Å². The van der Waals surface area contributed by atoms with Crippen molar-refractivity contribution in [3.05, 3.63) is 54.5 Å². The predicted octanol–water partition coefficient (Wildman–Crippen LogP) is 3.84. The molecule has 1 aromatic carbocycles. The molecule has 2 fully saturated rings. The summed E-state index contributed by atoms with van der Waals surface area (Å²) in [4.78, 5) is 12.1. The van der Waals surface area contributed by atoms with Crippen molar-refractivity contribution in [2.45, 2.75) is 26.3 Å². The van der Waals surface area contributed by atoms with Crippen LogP contribution in [0, 0.1) is 12.8 Å². The van der Waals surface area contributed by atoms with E-state index >= 15 is 0 Å². The van der Waals surface area contributed by atoms with E-state index in [4.69, 9.17) is 19.8 Å². The monoisotopic (exact) mass is 414 g/mol. The molecule has 0 unspecified atom stereocenters. The normalized spacial score (nSPS) is 16.9. The van der Waals surface area contributed by atoms with Crippen LogP contribution < -0.4 is 4.90 Å². The summed E-state index contributed by atoms with van der Waals surface area (Å²) in [7, 11) is 0. The maximum absolute atomic E-state index is 5.58. The van der Waals surface area contributed by atoms with E-state index in [1.807, 2.05) is 17.2 Å². The molecule has 6 rings (SSSR count). The Morgan fingerprint density at radius 1 is 1.10 bits per heavy atom. The number of hydrogen-bond donors (Lipinski definition) is 0. The Morgan fingerprint density at radius 3 is 2.77 bits per heavy atom. The fraction of sp³-hybridized carbons (Fsp3) is 0.375. The topological polar surface area (TPSA) is 61.0 Å². The summed E-state index contributed by atoms with van der Waals surface area (Å²) < 4.78 is 9.67. The van der Waals surface area contributed by atoms with Crippen LogP contribution in [0.3, 0.4) is 0 Å². The van der Waals surface area contributed by atoms with Gasteiger partial charge in [0.15, 0.2) is 11.5 Å². The zero-order valence-corrected chi connectivity index (χ0v) is 17.7. The number of aryl methyl sites for hydroxylation is 1. The summed E-state index contributed by atoms with van der Waals surface area (Å²) in [6.07, 6.45) is 6.55. The van der Waals surface area contributed by atoms with Crippen LogP contribution in [0.5, 0.6) is 0 Å². The van der Waals surface area contributed by atoms with Gasteiger partial charge in [0.2, 0.25) is 0 Å². The third-order valence-electron chi connectivity index (χ3n) is 6.18. The molecule has 158 valence electrons. The standard InChI is InChI=1S/C24H26N6O/c1-17-3-2-4-19(13-17)20-7-8-30(27-20)22-14-21(28-9-11-31-12-10-28)23-24(26-22)29(16-25-23)15-18-5-6-18/h2-4,7-8,13-14,16,18H,5-6,9-12,15H2,1H3. The number of nitrogens with zero attached hydrogens (tertiary/aromatic N) is 6. The minimum absolute atomic E-state index is 0.737. The van der Waals surface area contributed by atoms with Crippen LogP contribution in [0.25, 0.3) is 28.2 Å². The number of fused-ring (bicyclic) bond motifs is 1. The lowest BCUT2D eigenvalue weighted by Gasteiger charge is -2.29. The van der Waals surface area contributed by atoms with Crippen LogP contribution in [-0.4, -0.2) is 50.6 Å². The first kappa shape index (κ1) is 18.6. The molecule has 4 heterocycles. The van der Waals surface area contributed by atoms with Gasteiger partial charge in [0, 0.05) is 37.5 Å². The van der Waals surface area contributed by atoms with Crippen molar-refractivity contribution in [2.75, 3.05) is 31.2 Å². The number of aromatic nitrogens is 5. The molecule has 0 bridgehead atoms. The lowest BCUT2D eigenvalue weighted by molar-refractivity contribution is 0.123. The molecule has 7 heteroatoms. The van der Waals surface area contributed by atoms with Crippen molar-refractivity contribution < 1.29 is 4.74 Å². The van der Waals surface area contributed by atoms with Gasteiger partial charge in [0.05, 0.1) is 30.9 Å². The van der Waals surface area contributed by atoms with E-state index in [0.717, 1.165) is 72.7 Å². The number of ether oxygens (including phenoxy) is 1. The quantitative estimate of drug-likeness (QED) is 0.497. The van der Waals surface area contributed by atoms with Crippen molar-refractivity contribution in [1.82, 2.24) is 24.3 Å².